The summed E-state index contributed by atoms with van der Waals surface area (Å²) >= 11 is 0. The van der Waals surface area contributed by atoms with Crippen molar-refractivity contribution in [3.05, 3.63) is 59.7 Å². The molecule has 8 heteroatoms. The van der Waals surface area contributed by atoms with Crippen LogP contribution in [0.15, 0.2) is 48.5 Å². The molecular weight excluding hydrogens is 371 g/mol. The first kappa shape index (κ1) is 20.2. The molecule has 1 aliphatic rings. The molecule has 5 nitrogen and oxygen atoms in total. The van der Waals surface area contributed by atoms with Crippen LogP contribution in [0.4, 0.5) is 18.9 Å². The number of alkyl halides is 3. The van der Waals surface area contributed by atoms with Crippen molar-refractivity contribution in [2.75, 3.05) is 44.6 Å². The van der Waals surface area contributed by atoms with Gasteiger partial charge in [-0.05, 0) is 30.3 Å². The van der Waals surface area contributed by atoms with Gasteiger partial charge in [-0.3, -0.25) is 9.69 Å². The van der Waals surface area contributed by atoms with Gasteiger partial charge in [-0.1, -0.05) is 18.2 Å². The number of piperazine rings is 1. The van der Waals surface area contributed by atoms with Crippen molar-refractivity contribution in [1.82, 2.24) is 10.2 Å². The summed E-state index contributed by atoms with van der Waals surface area (Å²) in [7, 11) is 0. The maximum atomic E-state index is 12.8. The summed E-state index contributed by atoms with van der Waals surface area (Å²) in [6, 6.07) is 11.2. The monoisotopic (exact) mass is 393 g/mol. The highest BCUT2D eigenvalue weighted by molar-refractivity contribution is 6.06. The number of benzene rings is 2. The normalized spacial score (nSPS) is 15.2. The number of amides is 1. The Hall–Kier alpha value is -2.58. The van der Waals surface area contributed by atoms with Crippen LogP contribution >= 0.6 is 0 Å². The Morgan fingerprint density at radius 3 is 2.61 bits per heavy atom. The Kier molecular flexibility index (Phi) is 6.53. The van der Waals surface area contributed by atoms with Gasteiger partial charge in [-0.15, -0.1) is 0 Å². The van der Waals surface area contributed by atoms with Crippen molar-refractivity contribution < 1.29 is 22.7 Å². The standard InChI is InChI=1S/C20H22F3N3O2/c21-20(22,23)15-4-3-5-16(14-15)25-19(27)17-6-1-2-7-18(17)28-13-12-26-10-8-24-9-11-26/h1-7,14,24H,8-13H2,(H,25,27). The molecule has 1 heterocycles. The quantitative estimate of drug-likeness (QED) is 0.791. The molecular formula is C20H22F3N3O2. The molecule has 1 saturated heterocycles. The Bertz CT molecular complexity index is 805. The largest absolute Gasteiger partial charge is 0.491 e. The summed E-state index contributed by atoms with van der Waals surface area (Å²) in [5.74, 6) is -0.112. The molecule has 0 atom stereocenters. The summed E-state index contributed by atoms with van der Waals surface area (Å²) in [5.41, 5.74) is -0.457. The maximum absolute atomic E-state index is 12.8. The van der Waals surface area contributed by atoms with Crippen molar-refractivity contribution in [2.45, 2.75) is 6.18 Å². The van der Waals surface area contributed by atoms with Crippen molar-refractivity contribution in [2.24, 2.45) is 0 Å². The molecule has 0 aliphatic carbocycles. The summed E-state index contributed by atoms with van der Waals surface area (Å²) in [4.78, 5) is 14.8. The SMILES string of the molecule is O=C(Nc1cccc(C(F)(F)F)c1)c1ccccc1OCCN1CCNCC1. The smallest absolute Gasteiger partial charge is 0.416 e. The van der Waals surface area contributed by atoms with E-state index in [0.29, 0.717) is 12.4 Å². The summed E-state index contributed by atoms with van der Waals surface area (Å²) in [6.45, 7) is 4.94. The van der Waals surface area contributed by atoms with E-state index in [1.165, 1.54) is 12.1 Å². The van der Waals surface area contributed by atoms with Crippen LogP contribution in [0.3, 0.4) is 0 Å². The molecule has 2 aromatic carbocycles. The third-order valence-electron chi connectivity index (χ3n) is 4.45. The van der Waals surface area contributed by atoms with Crippen LogP contribution in [0.25, 0.3) is 0 Å². The van der Waals surface area contributed by atoms with Gasteiger partial charge in [0.05, 0.1) is 11.1 Å². The average molecular weight is 393 g/mol. The fraction of sp³-hybridized carbons (Fsp3) is 0.350. The number of hydrogen-bond donors (Lipinski definition) is 2. The minimum Gasteiger partial charge on any atom is -0.491 e. The van der Waals surface area contributed by atoms with Crippen LogP contribution in [0.5, 0.6) is 5.75 Å². The minimum absolute atomic E-state index is 0.0791. The molecule has 1 aliphatic heterocycles. The van der Waals surface area contributed by atoms with Crippen molar-refractivity contribution in [1.29, 1.82) is 0 Å². The lowest BCUT2D eigenvalue weighted by molar-refractivity contribution is -0.137. The molecule has 150 valence electrons. The second-order valence-electron chi connectivity index (χ2n) is 6.47. The third-order valence-corrected chi connectivity index (χ3v) is 4.45. The Balaban J connectivity index is 1.64. The van der Waals surface area contributed by atoms with Crippen molar-refractivity contribution in [3.63, 3.8) is 0 Å². The van der Waals surface area contributed by atoms with Gasteiger partial charge in [-0.25, -0.2) is 0 Å². The van der Waals surface area contributed by atoms with E-state index in [4.69, 9.17) is 4.74 Å². The van der Waals surface area contributed by atoms with E-state index in [-0.39, 0.29) is 11.3 Å². The van der Waals surface area contributed by atoms with Crippen molar-refractivity contribution in [3.8, 4) is 5.75 Å². The number of carbonyl (C=O) groups excluding carboxylic acids is 1. The number of anilines is 1. The number of rotatable bonds is 6. The molecule has 0 aromatic heterocycles. The molecule has 0 radical (unpaired) electrons. The number of nitrogens with one attached hydrogen (secondary N) is 2. The number of carbonyl (C=O) groups is 1. The summed E-state index contributed by atoms with van der Waals surface area (Å²) in [6.07, 6.45) is -4.47. The van der Waals surface area contributed by atoms with E-state index < -0.39 is 17.6 Å². The third kappa shape index (κ3) is 5.46. The predicted octanol–water partition coefficient (Wildman–Crippen LogP) is 3.24. The first-order valence-electron chi connectivity index (χ1n) is 9.07. The van der Waals surface area contributed by atoms with Crippen LogP contribution in [0.2, 0.25) is 0 Å². The molecule has 0 spiro atoms. The van der Waals surface area contributed by atoms with Gasteiger partial charge >= 0.3 is 6.18 Å². The number of para-hydroxylation sites is 1. The van der Waals surface area contributed by atoms with Gasteiger partial charge in [0.1, 0.15) is 12.4 Å². The molecule has 2 N–H and O–H groups in total. The molecule has 3 rings (SSSR count). The van der Waals surface area contributed by atoms with Gasteiger partial charge < -0.3 is 15.4 Å². The number of nitrogens with zero attached hydrogens (tertiary/aromatic N) is 1. The summed E-state index contributed by atoms with van der Waals surface area (Å²) < 4.78 is 44.3. The van der Waals surface area contributed by atoms with Crippen LogP contribution in [-0.4, -0.2) is 50.1 Å². The van der Waals surface area contributed by atoms with Gasteiger partial charge in [0.15, 0.2) is 0 Å². The zero-order valence-electron chi connectivity index (χ0n) is 15.3. The average Bonchev–Trinajstić information content (AvgIpc) is 2.69. The lowest BCUT2D eigenvalue weighted by Gasteiger charge is -2.27. The highest BCUT2D eigenvalue weighted by Gasteiger charge is 2.30. The molecule has 0 unspecified atom stereocenters. The zero-order chi connectivity index (χ0) is 20.0. The van der Waals surface area contributed by atoms with Gasteiger partial charge in [-0.2, -0.15) is 13.2 Å². The first-order chi connectivity index (χ1) is 13.4. The van der Waals surface area contributed by atoms with Gasteiger partial charge in [0, 0.05) is 38.4 Å². The Labute approximate surface area is 161 Å². The fourth-order valence-corrected chi connectivity index (χ4v) is 2.97. The molecule has 1 fully saturated rings. The van der Waals surface area contributed by atoms with Crippen LogP contribution < -0.4 is 15.4 Å². The molecule has 2 aromatic rings. The number of hydrogen-bond acceptors (Lipinski definition) is 4. The fourth-order valence-electron chi connectivity index (χ4n) is 2.97. The van der Waals surface area contributed by atoms with Gasteiger partial charge in [0.25, 0.3) is 5.91 Å². The molecule has 0 bridgehead atoms. The van der Waals surface area contributed by atoms with E-state index in [2.05, 4.69) is 15.5 Å². The van der Waals surface area contributed by atoms with E-state index in [1.807, 2.05) is 0 Å². The molecule has 0 saturated carbocycles. The number of halogens is 3. The highest BCUT2D eigenvalue weighted by Crippen LogP contribution is 2.31. The van der Waals surface area contributed by atoms with Crippen LogP contribution in [0, 0.1) is 0 Å². The maximum Gasteiger partial charge on any atom is 0.416 e. The Morgan fingerprint density at radius 2 is 1.86 bits per heavy atom. The van der Waals surface area contributed by atoms with E-state index >= 15 is 0 Å². The first-order valence-corrected chi connectivity index (χ1v) is 9.07. The Morgan fingerprint density at radius 1 is 1.11 bits per heavy atom. The van der Waals surface area contributed by atoms with Crippen LogP contribution in [0.1, 0.15) is 15.9 Å². The van der Waals surface area contributed by atoms with E-state index in [1.54, 1.807) is 24.3 Å². The topological polar surface area (TPSA) is 53.6 Å². The molecule has 1 amide bonds. The second kappa shape index (κ2) is 9.07. The highest BCUT2D eigenvalue weighted by atomic mass is 19.4. The van der Waals surface area contributed by atoms with Crippen molar-refractivity contribution >= 4 is 11.6 Å². The second-order valence-corrected chi connectivity index (χ2v) is 6.47. The molecule has 28 heavy (non-hydrogen) atoms. The predicted molar refractivity (Wildman–Crippen MR) is 101 cm³/mol. The lowest BCUT2D eigenvalue weighted by Crippen LogP contribution is -2.44. The van der Waals surface area contributed by atoms with E-state index in [0.717, 1.165) is 44.9 Å². The lowest BCUT2D eigenvalue weighted by atomic mass is 10.1. The zero-order valence-corrected chi connectivity index (χ0v) is 15.3. The summed E-state index contributed by atoms with van der Waals surface area (Å²) in [5, 5.41) is 5.79. The van der Waals surface area contributed by atoms with Gasteiger partial charge in [0.2, 0.25) is 0 Å². The van der Waals surface area contributed by atoms with E-state index in [9.17, 15) is 18.0 Å². The van der Waals surface area contributed by atoms with Crippen LogP contribution in [-0.2, 0) is 6.18 Å². The minimum atomic E-state index is -4.47. The number of ether oxygens (including phenoxy) is 1.